The minimum absolute atomic E-state index is 0.0232. The number of halogens is 5. The van der Waals surface area contributed by atoms with E-state index < -0.39 is 40.9 Å². The molecule has 105 heavy (non-hydrogen) atoms. The largest absolute Gasteiger partial charge is 0.416 e. The molecule has 0 unspecified atom stereocenters. The molecule has 0 spiro atoms. The number of carbonyl (C=O) groups is 4. The first-order valence-electron chi connectivity index (χ1n) is 35.7. The molecule has 0 atom stereocenters. The number of benzene rings is 5. The molecule has 2 amide bonds. The number of esters is 1. The van der Waals surface area contributed by atoms with E-state index in [1.54, 1.807) is 6.92 Å². The molecule has 0 bridgehead atoms. The summed E-state index contributed by atoms with van der Waals surface area (Å²) < 4.78 is 76.5. The smallest absolute Gasteiger partial charge is 0.345 e. The number of fused-ring (bicyclic) bond motifs is 4. The number of carbonyl (C=O) groups excluding carboxylic acids is 4. The predicted molar refractivity (Wildman–Crippen MR) is 409 cm³/mol. The maximum absolute atomic E-state index is 13.3. The van der Waals surface area contributed by atoms with Crippen molar-refractivity contribution in [3.05, 3.63) is 232 Å². The van der Waals surface area contributed by atoms with Crippen LogP contribution in [0.2, 0.25) is 0 Å². The number of aryl methyl sites for hydroxylation is 3. The SMILES string of the molecule is CN1/C(=C/c2cc[n+](CCC[N+](C)(C)CCCCCC(=O)NCCCC(=O)c3ccc([18F])nc3)c3ccccc23)Sc2ccccc21.CN1/C(=C/c2cc[n+](CCC[N+](C)(C)CCCCCC(=O)NCCN)c3ccccc23)Sc2ccccc21.Cc1ccc(C(=O)Oc2c(F)c(F)cc(F)c2F)cn1. The number of pyridine rings is 4. The van der Waals surface area contributed by atoms with Crippen molar-refractivity contribution in [3.63, 3.8) is 0 Å². The van der Waals surface area contributed by atoms with Crippen LogP contribution in [0.25, 0.3) is 34.0 Å². The van der Waals surface area contributed by atoms with Crippen molar-refractivity contribution in [2.45, 2.75) is 107 Å². The van der Waals surface area contributed by atoms with Crippen molar-refractivity contribution in [2.24, 2.45) is 5.73 Å². The monoisotopic (exact) mass is 1470 g/mol. The number of nitrogens with one attached hydrogen (secondary N) is 2. The minimum atomic E-state index is -1.78. The Balaban J connectivity index is 0.000000196. The molecular formula is C82H96F5N11O5S2+4. The molecule has 0 saturated heterocycles. The van der Waals surface area contributed by atoms with Gasteiger partial charge in [-0.2, -0.15) is 22.3 Å². The number of unbranched alkanes of at least 4 members (excludes halogenated alkanes) is 4. The molecule has 16 nitrogen and oxygen atoms in total. The predicted octanol–water partition coefficient (Wildman–Crippen LogP) is 14.9. The van der Waals surface area contributed by atoms with E-state index in [-0.39, 0.29) is 29.2 Å². The summed E-state index contributed by atoms with van der Waals surface area (Å²) in [5, 5.41) is 10.8. The van der Waals surface area contributed by atoms with Gasteiger partial charge in [-0.05, 0) is 136 Å². The highest BCUT2D eigenvalue weighted by atomic mass is 32.2. The van der Waals surface area contributed by atoms with Gasteiger partial charge in [0.1, 0.15) is 0 Å². The molecule has 552 valence electrons. The number of Topliss-reactive ketones (excluding diaryl/α,β-unsaturated/α-hetero) is 1. The van der Waals surface area contributed by atoms with Gasteiger partial charge in [-0.15, -0.1) is 0 Å². The van der Waals surface area contributed by atoms with Crippen LogP contribution in [0.3, 0.4) is 0 Å². The first-order valence-corrected chi connectivity index (χ1v) is 37.4. The van der Waals surface area contributed by atoms with Crippen LogP contribution in [0.5, 0.6) is 5.75 Å². The van der Waals surface area contributed by atoms with Crippen LogP contribution in [0.4, 0.5) is 33.3 Å². The second-order valence-corrected chi connectivity index (χ2v) is 29.7. The standard InChI is InChI=1S/C38H45FN5O2S.C31H42N5OS.C13H7F4NO2/c1-42-33-15-8-9-17-35(33)47-38(42)27-29-21-24-43(32-14-7-6-13-31(29)32)23-12-26-44(2,3)25-10-4-5-18-37(46)40-22-11-16-34(45)30-19-20-36(39)41-28-30;1-34-28-14-8-9-15-29(28)38-31(34)24-25-17-21-35(27-13-7-6-12-26(25)27)20-11-23-36(2,3)22-10-4-5-16-30(37)33-19-18-32;1-6-2-3-7(5-18-6)13(19)20-12-10(16)8(14)4-9(15)11(12)17/h6-9,13-15,17,19-21,24,27-28H,4-5,10-12,16,18,22-23,25-26H2,1-3H3;6-9,12-15,17,21,24H,4-5,10-11,16,18-20,22-23,32H2,1-3H3;2-5H,1H3/q2*+1;/p+2/i39-1;;. The lowest BCUT2D eigenvalue weighted by Gasteiger charge is -2.29. The summed E-state index contributed by atoms with van der Waals surface area (Å²) in [6.07, 6.45) is 21.8. The van der Waals surface area contributed by atoms with Gasteiger partial charge in [0.15, 0.2) is 42.9 Å². The first kappa shape index (κ1) is 79.7. The molecule has 0 saturated carbocycles. The number of nitrogens with zero attached hydrogens (tertiary/aromatic N) is 8. The Morgan fingerprint density at radius 3 is 1.48 bits per heavy atom. The normalized spacial score (nSPS) is 13.3. The van der Waals surface area contributed by atoms with Crippen LogP contribution in [0.1, 0.15) is 115 Å². The summed E-state index contributed by atoms with van der Waals surface area (Å²) in [6.45, 7) is 9.58. The van der Waals surface area contributed by atoms with Crippen molar-refractivity contribution >= 4 is 92.4 Å². The Hall–Kier alpha value is -9.39. The quantitative estimate of drug-likeness (QED) is 0.00434. The molecule has 9 aromatic rings. The van der Waals surface area contributed by atoms with Crippen LogP contribution in [-0.2, 0) is 22.7 Å². The molecule has 2 aliphatic heterocycles. The van der Waals surface area contributed by atoms with E-state index in [0.717, 1.165) is 106 Å². The summed E-state index contributed by atoms with van der Waals surface area (Å²) in [7, 11) is 13.5. The van der Waals surface area contributed by atoms with Gasteiger partial charge in [-0.1, -0.05) is 72.1 Å². The number of quaternary nitrogens is 2. The summed E-state index contributed by atoms with van der Waals surface area (Å²) >= 11 is 3.66. The van der Waals surface area contributed by atoms with Gasteiger partial charge in [-0.25, -0.2) is 18.6 Å². The van der Waals surface area contributed by atoms with Gasteiger partial charge < -0.3 is 39.9 Å². The second-order valence-electron chi connectivity index (χ2n) is 27.5. The van der Waals surface area contributed by atoms with Gasteiger partial charge in [-0.3, -0.25) is 19.4 Å². The molecule has 0 fully saturated rings. The van der Waals surface area contributed by atoms with E-state index in [4.69, 9.17) is 5.73 Å². The van der Waals surface area contributed by atoms with E-state index in [1.165, 1.54) is 94.6 Å². The average Bonchev–Trinajstić information content (AvgIpc) is 1.75. The van der Waals surface area contributed by atoms with Gasteiger partial charge >= 0.3 is 5.97 Å². The van der Waals surface area contributed by atoms with Crippen molar-refractivity contribution in [3.8, 4) is 5.75 Å². The van der Waals surface area contributed by atoms with Gasteiger partial charge in [0, 0.05) is 117 Å². The fourth-order valence-corrected chi connectivity index (χ4v) is 14.7. The molecule has 2 aliphatic rings. The number of thioether (sulfide) groups is 2. The average molecular weight is 1470 g/mol. The molecule has 4 aromatic heterocycles. The Labute approximate surface area is 621 Å². The molecule has 4 N–H and O–H groups in total. The van der Waals surface area contributed by atoms with Crippen molar-refractivity contribution in [2.75, 3.05) is 97.9 Å². The van der Waals surface area contributed by atoms with Gasteiger partial charge in [0.25, 0.3) is 0 Å². The topological polar surface area (TPSA) is 168 Å². The number of para-hydroxylation sites is 4. The maximum Gasteiger partial charge on any atom is 0.345 e. The highest BCUT2D eigenvalue weighted by Crippen LogP contribution is 2.47. The number of rotatable bonds is 31. The lowest BCUT2D eigenvalue weighted by molar-refractivity contribution is -0.892. The van der Waals surface area contributed by atoms with Gasteiger partial charge in [0.2, 0.25) is 46.2 Å². The zero-order chi connectivity index (χ0) is 75.0. The van der Waals surface area contributed by atoms with E-state index in [2.05, 4.69) is 220 Å². The lowest BCUT2D eigenvalue weighted by atomic mass is 10.1. The van der Waals surface area contributed by atoms with Crippen molar-refractivity contribution < 1.29 is 64.0 Å². The molecule has 11 rings (SSSR count). The Kier molecular flexibility index (Phi) is 29.3. The van der Waals surface area contributed by atoms with Crippen LogP contribution >= 0.6 is 23.5 Å². The maximum atomic E-state index is 13.3. The van der Waals surface area contributed by atoms with Crippen molar-refractivity contribution in [1.29, 1.82) is 0 Å². The van der Waals surface area contributed by atoms with E-state index in [9.17, 15) is 41.1 Å². The fraction of sp³-hybridized carbons (Fsp3) is 0.341. The summed E-state index contributed by atoms with van der Waals surface area (Å²) in [4.78, 5) is 62.2. The summed E-state index contributed by atoms with van der Waals surface area (Å²) in [5.41, 5.74) is 13.9. The van der Waals surface area contributed by atoms with Crippen LogP contribution in [-0.4, -0.2) is 131 Å². The van der Waals surface area contributed by atoms with Gasteiger partial charge in [0.05, 0.1) is 105 Å². The fourth-order valence-electron chi connectivity index (χ4n) is 12.5. The number of ketones is 1. The molecule has 5 aromatic carbocycles. The minimum Gasteiger partial charge on any atom is -0.416 e. The molecule has 6 heterocycles. The number of anilines is 2. The first-order chi connectivity index (χ1) is 50.5. The summed E-state index contributed by atoms with van der Waals surface area (Å²) in [6, 6.07) is 44.5. The Morgan fingerprint density at radius 1 is 0.533 bits per heavy atom. The third-order valence-corrected chi connectivity index (χ3v) is 20.8. The zero-order valence-electron chi connectivity index (χ0n) is 61.0. The molecule has 23 heteroatoms. The van der Waals surface area contributed by atoms with E-state index in [1.807, 2.05) is 23.5 Å². The summed E-state index contributed by atoms with van der Waals surface area (Å²) in [5.74, 6) is -10.0. The highest BCUT2D eigenvalue weighted by molar-refractivity contribution is 8.04. The molecule has 0 radical (unpaired) electrons. The van der Waals surface area contributed by atoms with E-state index in [0.29, 0.717) is 56.6 Å². The number of hydrogen-bond donors (Lipinski definition) is 3. The Morgan fingerprint density at radius 2 is 1.00 bits per heavy atom. The van der Waals surface area contributed by atoms with E-state index >= 15 is 0 Å². The number of nitrogens with two attached hydrogens (primary N) is 1. The molecule has 0 aliphatic carbocycles. The number of amides is 2. The molecular weight excluding hydrogens is 1380 g/mol. The highest BCUT2D eigenvalue weighted by Gasteiger charge is 2.27. The second kappa shape index (κ2) is 38.6. The number of hydrogen-bond acceptors (Lipinski definition) is 12. The number of ether oxygens (including phenoxy) is 1. The third kappa shape index (κ3) is 23.1. The third-order valence-electron chi connectivity index (χ3n) is 18.5. The number of aromatic nitrogens is 4. The Bertz CT molecular complexity index is 4520. The van der Waals surface area contributed by atoms with Crippen LogP contribution in [0, 0.1) is 36.1 Å². The lowest BCUT2D eigenvalue weighted by Crippen LogP contribution is -2.44. The van der Waals surface area contributed by atoms with Crippen LogP contribution < -0.4 is 40.0 Å². The zero-order valence-corrected chi connectivity index (χ0v) is 62.6. The van der Waals surface area contributed by atoms with Crippen LogP contribution in [0.15, 0.2) is 184 Å². The van der Waals surface area contributed by atoms with Crippen molar-refractivity contribution in [1.82, 2.24) is 20.6 Å².